The summed E-state index contributed by atoms with van der Waals surface area (Å²) in [4.78, 5) is 29.5. The summed E-state index contributed by atoms with van der Waals surface area (Å²) in [5.74, 6) is 1.43. The second-order valence-electron chi connectivity index (χ2n) is 8.49. The standard InChI is InChI=1S/C25H30ClN3O4/c1-3-32-21-7-4-18(5-8-21)15-27-24(30)19-10-12-28(13-11-19)25(31)29-16-17(2)33-23-9-6-20(26)14-22(23)29/h4-9,14,17,19H,3,10-13,15-16H2,1-2H3,(H,27,30). The van der Waals surface area contributed by atoms with E-state index in [4.69, 9.17) is 21.1 Å². The van der Waals surface area contributed by atoms with Gasteiger partial charge in [0.25, 0.3) is 0 Å². The minimum absolute atomic E-state index is 0.0353. The fourth-order valence-electron chi connectivity index (χ4n) is 4.30. The largest absolute Gasteiger partial charge is 0.494 e. The SMILES string of the molecule is CCOc1ccc(CNC(=O)C2CCN(C(=O)N3CC(C)Oc4ccc(Cl)cc43)CC2)cc1. The van der Waals surface area contributed by atoms with Gasteiger partial charge in [-0.15, -0.1) is 0 Å². The molecule has 1 N–H and O–H groups in total. The predicted octanol–water partition coefficient (Wildman–Crippen LogP) is 4.47. The molecule has 1 fully saturated rings. The molecule has 0 spiro atoms. The smallest absolute Gasteiger partial charge is 0.324 e. The maximum Gasteiger partial charge on any atom is 0.324 e. The van der Waals surface area contributed by atoms with Crippen molar-refractivity contribution in [2.45, 2.75) is 39.3 Å². The normalized spacial score (nSPS) is 18.3. The molecule has 7 nitrogen and oxygen atoms in total. The second kappa shape index (κ2) is 10.3. The number of nitrogens with one attached hydrogen (secondary N) is 1. The van der Waals surface area contributed by atoms with E-state index in [2.05, 4.69) is 5.32 Å². The van der Waals surface area contributed by atoms with E-state index in [1.54, 1.807) is 23.1 Å². The van der Waals surface area contributed by atoms with E-state index >= 15 is 0 Å². The number of fused-ring (bicyclic) bond motifs is 1. The van der Waals surface area contributed by atoms with Gasteiger partial charge in [0.2, 0.25) is 5.91 Å². The van der Waals surface area contributed by atoms with Crippen molar-refractivity contribution < 1.29 is 19.1 Å². The van der Waals surface area contributed by atoms with Crippen LogP contribution in [0.5, 0.6) is 11.5 Å². The quantitative estimate of drug-likeness (QED) is 0.698. The van der Waals surface area contributed by atoms with Crippen LogP contribution in [0.1, 0.15) is 32.3 Å². The molecule has 0 radical (unpaired) electrons. The lowest BCUT2D eigenvalue weighted by Crippen LogP contribution is -2.52. The molecular formula is C25H30ClN3O4. The van der Waals surface area contributed by atoms with Crippen LogP contribution in [-0.2, 0) is 11.3 Å². The number of benzene rings is 2. The first kappa shape index (κ1) is 23.2. The van der Waals surface area contributed by atoms with Gasteiger partial charge in [0.05, 0.1) is 18.8 Å². The molecular weight excluding hydrogens is 442 g/mol. The summed E-state index contributed by atoms with van der Waals surface area (Å²) in [6, 6.07) is 13.0. The fraction of sp³-hybridized carbons (Fsp3) is 0.440. The topological polar surface area (TPSA) is 71.1 Å². The van der Waals surface area contributed by atoms with E-state index in [-0.39, 0.29) is 24.0 Å². The van der Waals surface area contributed by atoms with Crippen molar-refractivity contribution in [1.82, 2.24) is 10.2 Å². The molecule has 176 valence electrons. The van der Waals surface area contributed by atoms with Crippen molar-refractivity contribution in [3.8, 4) is 11.5 Å². The number of urea groups is 1. The highest BCUT2D eigenvalue weighted by molar-refractivity contribution is 6.31. The van der Waals surface area contributed by atoms with Crippen molar-refractivity contribution in [1.29, 1.82) is 0 Å². The summed E-state index contributed by atoms with van der Waals surface area (Å²) >= 11 is 6.16. The van der Waals surface area contributed by atoms with Gasteiger partial charge in [0.15, 0.2) is 0 Å². The highest BCUT2D eigenvalue weighted by Gasteiger charge is 2.34. The van der Waals surface area contributed by atoms with Gasteiger partial charge in [-0.3, -0.25) is 9.69 Å². The van der Waals surface area contributed by atoms with Gasteiger partial charge in [0.1, 0.15) is 17.6 Å². The second-order valence-corrected chi connectivity index (χ2v) is 8.93. The molecule has 2 aromatic rings. The summed E-state index contributed by atoms with van der Waals surface area (Å²) in [7, 11) is 0. The number of halogens is 1. The third-order valence-electron chi connectivity index (χ3n) is 6.05. The van der Waals surface area contributed by atoms with Crippen molar-refractivity contribution in [2.24, 2.45) is 5.92 Å². The maximum absolute atomic E-state index is 13.3. The number of carbonyl (C=O) groups is 2. The molecule has 2 aliphatic rings. The molecule has 2 aromatic carbocycles. The summed E-state index contributed by atoms with van der Waals surface area (Å²) in [5, 5.41) is 3.59. The molecule has 1 unspecified atom stereocenters. The van der Waals surface area contributed by atoms with Crippen LogP contribution in [0.25, 0.3) is 0 Å². The number of piperidine rings is 1. The van der Waals surface area contributed by atoms with Gasteiger partial charge < -0.3 is 19.7 Å². The average Bonchev–Trinajstić information content (AvgIpc) is 2.83. The minimum Gasteiger partial charge on any atom is -0.494 e. The lowest BCUT2D eigenvalue weighted by Gasteiger charge is -2.39. The Kier molecular flexibility index (Phi) is 7.28. The van der Waals surface area contributed by atoms with E-state index in [1.165, 1.54) is 0 Å². The Morgan fingerprint density at radius 3 is 2.58 bits per heavy atom. The molecule has 33 heavy (non-hydrogen) atoms. The van der Waals surface area contributed by atoms with E-state index in [1.807, 2.05) is 43.0 Å². The molecule has 4 rings (SSSR count). The molecule has 2 heterocycles. The highest BCUT2D eigenvalue weighted by atomic mass is 35.5. The first-order valence-electron chi connectivity index (χ1n) is 11.5. The van der Waals surface area contributed by atoms with Crippen LogP contribution in [0.3, 0.4) is 0 Å². The zero-order valence-corrected chi connectivity index (χ0v) is 19.8. The van der Waals surface area contributed by atoms with Crippen LogP contribution >= 0.6 is 11.6 Å². The molecule has 1 atom stereocenters. The zero-order chi connectivity index (χ0) is 23.4. The van der Waals surface area contributed by atoms with E-state index in [0.29, 0.717) is 62.1 Å². The third-order valence-corrected chi connectivity index (χ3v) is 6.28. The number of anilines is 1. The predicted molar refractivity (Wildman–Crippen MR) is 128 cm³/mol. The first-order valence-corrected chi connectivity index (χ1v) is 11.8. The van der Waals surface area contributed by atoms with E-state index < -0.39 is 0 Å². The third kappa shape index (κ3) is 5.53. The minimum atomic E-state index is -0.103. The lowest BCUT2D eigenvalue weighted by molar-refractivity contribution is -0.126. The van der Waals surface area contributed by atoms with Crippen LogP contribution < -0.4 is 19.7 Å². The van der Waals surface area contributed by atoms with Gasteiger partial charge >= 0.3 is 6.03 Å². The van der Waals surface area contributed by atoms with Gasteiger partial charge in [-0.2, -0.15) is 0 Å². The molecule has 2 aliphatic heterocycles. The Morgan fingerprint density at radius 2 is 1.88 bits per heavy atom. The van der Waals surface area contributed by atoms with E-state index in [9.17, 15) is 9.59 Å². The van der Waals surface area contributed by atoms with E-state index in [0.717, 1.165) is 11.3 Å². The Morgan fingerprint density at radius 1 is 1.15 bits per heavy atom. The van der Waals surface area contributed by atoms with Gasteiger partial charge in [-0.25, -0.2) is 4.79 Å². The van der Waals surface area contributed by atoms with Gasteiger partial charge in [-0.05, 0) is 62.6 Å². The Labute approximate surface area is 199 Å². The lowest BCUT2D eigenvalue weighted by atomic mass is 9.96. The molecule has 3 amide bonds. The number of nitrogens with zero attached hydrogens (tertiary/aromatic N) is 2. The summed E-state index contributed by atoms with van der Waals surface area (Å²) < 4.78 is 11.3. The van der Waals surface area contributed by atoms with Crippen molar-refractivity contribution in [2.75, 3.05) is 31.1 Å². The summed E-state index contributed by atoms with van der Waals surface area (Å²) in [6.45, 7) is 6.55. The molecule has 0 saturated carbocycles. The number of carbonyl (C=O) groups excluding carboxylic acids is 2. The average molecular weight is 472 g/mol. The summed E-state index contributed by atoms with van der Waals surface area (Å²) in [5.41, 5.74) is 1.72. The number of hydrogen-bond acceptors (Lipinski definition) is 4. The summed E-state index contributed by atoms with van der Waals surface area (Å²) in [6.07, 6.45) is 1.18. The Hall–Kier alpha value is -2.93. The molecule has 1 saturated heterocycles. The fourth-order valence-corrected chi connectivity index (χ4v) is 4.47. The molecule has 0 bridgehead atoms. The van der Waals surface area contributed by atoms with Crippen LogP contribution in [0.4, 0.5) is 10.5 Å². The van der Waals surface area contributed by atoms with Gasteiger partial charge in [0, 0.05) is 30.6 Å². The van der Waals surface area contributed by atoms with Crippen LogP contribution in [0.2, 0.25) is 5.02 Å². The van der Waals surface area contributed by atoms with Crippen molar-refractivity contribution in [3.05, 3.63) is 53.1 Å². The Balaban J connectivity index is 1.30. The number of likely N-dealkylation sites (tertiary alicyclic amines) is 1. The first-order chi connectivity index (χ1) is 15.9. The Bertz CT molecular complexity index is 990. The monoisotopic (exact) mass is 471 g/mol. The number of ether oxygens (including phenoxy) is 2. The zero-order valence-electron chi connectivity index (χ0n) is 19.1. The van der Waals surface area contributed by atoms with Crippen LogP contribution in [-0.4, -0.2) is 49.2 Å². The van der Waals surface area contributed by atoms with Crippen molar-refractivity contribution >= 4 is 29.2 Å². The van der Waals surface area contributed by atoms with Crippen molar-refractivity contribution in [3.63, 3.8) is 0 Å². The van der Waals surface area contributed by atoms with Gasteiger partial charge in [-0.1, -0.05) is 23.7 Å². The molecule has 8 heteroatoms. The maximum atomic E-state index is 13.3. The highest BCUT2D eigenvalue weighted by Crippen LogP contribution is 2.36. The number of amides is 3. The molecule has 0 aliphatic carbocycles. The van der Waals surface area contributed by atoms with Crippen LogP contribution in [0.15, 0.2) is 42.5 Å². The molecule has 0 aromatic heterocycles. The number of hydrogen-bond donors (Lipinski definition) is 1. The number of rotatable bonds is 5. The van der Waals surface area contributed by atoms with Crippen LogP contribution in [0, 0.1) is 5.92 Å².